The van der Waals surface area contributed by atoms with E-state index in [1.54, 1.807) is 0 Å². The van der Waals surface area contributed by atoms with Gasteiger partial charge in [0.25, 0.3) is 0 Å². The lowest BCUT2D eigenvalue weighted by Gasteiger charge is -2.08. The summed E-state index contributed by atoms with van der Waals surface area (Å²) in [5.41, 5.74) is 0. The first-order valence-electron chi connectivity index (χ1n) is 2.94. The molecule has 0 unspecified atom stereocenters. The van der Waals surface area contributed by atoms with Crippen LogP contribution in [-0.4, -0.2) is 37.8 Å². The van der Waals surface area contributed by atoms with Crippen molar-refractivity contribution in [3.63, 3.8) is 0 Å². The molecule has 0 aromatic carbocycles. The summed E-state index contributed by atoms with van der Waals surface area (Å²) < 4.78 is 0. The summed E-state index contributed by atoms with van der Waals surface area (Å²) in [6, 6.07) is 0. The van der Waals surface area contributed by atoms with Crippen molar-refractivity contribution in [3.8, 4) is 0 Å². The molecule has 1 radical (unpaired) electrons. The van der Waals surface area contributed by atoms with Gasteiger partial charge in [0.1, 0.15) is 0 Å². The van der Waals surface area contributed by atoms with Crippen LogP contribution in [0.5, 0.6) is 0 Å². The van der Waals surface area contributed by atoms with Gasteiger partial charge in [-0.25, -0.2) is 5.11 Å². The first kappa shape index (κ1) is 6.01. The van der Waals surface area contributed by atoms with Crippen molar-refractivity contribution in [1.29, 1.82) is 0 Å². The van der Waals surface area contributed by atoms with Gasteiger partial charge in [-0.1, -0.05) is 0 Å². The van der Waals surface area contributed by atoms with Crippen LogP contribution in [0.25, 0.3) is 0 Å². The molecule has 1 heterocycles. The van der Waals surface area contributed by atoms with Crippen molar-refractivity contribution in [3.05, 3.63) is 0 Å². The standard InChI is InChI=1S/C5H11N2O/c8-4-3-7-2-1-6-5-7/h6H,1-5H2. The predicted octanol–water partition coefficient (Wildman–Crippen LogP) is -0.720. The molecule has 1 fully saturated rings. The van der Waals surface area contributed by atoms with Crippen molar-refractivity contribution in [1.82, 2.24) is 10.2 Å². The van der Waals surface area contributed by atoms with Gasteiger partial charge < -0.3 is 5.32 Å². The summed E-state index contributed by atoms with van der Waals surface area (Å²) in [4.78, 5) is 2.12. The van der Waals surface area contributed by atoms with Gasteiger partial charge in [-0.3, -0.25) is 4.90 Å². The molecule has 47 valence electrons. The van der Waals surface area contributed by atoms with Crippen LogP contribution in [0.4, 0.5) is 0 Å². The van der Waals surface area contributed by atoms with Crippen molar-refractivity contribution in [2.75, 3.05) is 32.9 Å². The molecule has 1 aliphatic rings. The van der Waals surface area contributed by atoms with Crippen LogP contribution in [0.1, 0.15) is 0 Å². The van der Waals surface area contributed by atoms with Gasteiger partial charge >= 0.3 is 0 Å². The van der Waals surface area contributed by atoms with Gasteiger partial charge in [-0.05, 0) is 0 Å². The molecule has 0 aromatic rings. The van der Waals surface area contributed by atoms with Crippen molar-refractivity contribution >= 4 is 0 Å². The number of nitrogens with one attached hydrogen (secondary N) is 1. The second-order valence-corrected chi connectivity index (χ2v) is 1.98. The zero-order valence-corrected chi connectivity index (χ0v) is 4.89. The van der Waals surface area contributed by atoms with Gasteiger partial charge in [0.2, 0.25) is 0 Å². The highest BCUT2D eigenvalue weighted by Gasteiger charge is 2.08. The van der Waals surface area contributed by atoms with E-state index in [2.05, 4.69) is 10.2 Å². The SMILES string of the molecule is [O]CCN1CCNC1. The molecular formula is C5H11N2O. The molecule has 1 saturated heterocycles. The predicted molar refractivity (Wildman–Crippen MR) is 30.0 cm³/mol. The second kappa shape index (κ2) is 3.02. The summed E-state index contributed by atoms with van der Waals surface area (Å²) in [5.74, 6) is 0. The largest absolute Gasteiger partial charge is 0.303 e. The minimum atomic E-state index is 0.0294. The molecule has 3 heteroatoms. The van der Waals surface area contributed by atoms with E-state index in [0.29, 0.717) is 6.54 Å². The number of hydrogen-bond donors (Lipinski definition) is 1. The van der Waals surface area contributed by atoms with Gasteiger partial charge in [0, 0.05) is 26.3 Å². The zero-order valence-electron chi connectivity index (χ0n) is 4.89. The number of hydrogen-bond acceptors (Lipinski definition) is 2. The first-order valence-corrected chi connectivity index (χ1v) is 2.94. The summed E-state index contributed by atoms with van der Waals surface area (Å²) in [7, 11) is 0. The van der Waals surface area contributed by atoms with Gasteiger partial charge in [0.15, 0.2) is 0 Å². The highest BCUT2D eigenvalue weighted by atomic mass is 16.3. The molecule has 0 spiro atoms. The molecule has 0 saturated carbocycles. The first-order chi connectivity index (χ1) is 3.93. The Morgan fingerprint density at radius 1 is 1.62 bits per heavy atom. The number of rotatable bonds is 2. The second-order valence-electron chi connectivity index (χ2n) is 1.98. The Kier molecular flexibility index (Phi) is 2.27. The average molecular weight is 115 g/mol. The smallest absolute Gasteiger partial charge is 0.0949 e. The van der Waals surface area contributed by atoms with Crippen molar-refractivity contribution in [2.24, 2.45) is 0 Å². The van der Waals surface area contributed by atoms with Crippen LogP contribution >= 0.6 is 0 Å². The van der Waals surface area contributed by atoms with E-state index >= 15 is 0 Å². The lowest BCUT2D eigenvalue weighted by molar-refractivity contribution is 0.153. The topological polar surface area (TPSA) is 35.2 Å². The molecule has 3 nitrogen and oxygen atoms in total. The fourth-order valence-corrected chi connectivity index (χ4v) is 0.873. The van der Waals surface area contributed by atoms with Gasteiger partial charge in [-0.15, -0.1) is 0 Å². The highest BCUT2D eigenvalue weighted by Crippen LogP contribution is 1.88. The fraction of sp³-hybridized carbons (Fsp3) is 1.00. The van der Waals surface area contributed by atoms with E-state index in [4.69, 9.17) is 0 Å². The third kappa shape index (κ3) is 1.43. The van der Waals surface area contributed by atoms with E-state index in [1.807, 2.05) is 0 Å². The molecule has 1 aliphatic heterocycles. The van der Waals surface area contributed by atoms with E-state index in [1.165, 1.54) is 0 Å². The van der Waals surface area contributed by atoms with Crippen LogP contribution in [0.15, 0.2) is 0 Å². The van der Waals surface area contributed by atoms with Crippen LogP contribution in [-0.2, 0) is 5.11 Å². The van der Waals surface area contributed by atoms with Crippen LogP contribution in [0.3, 0.4) is 0 Å². The fourth-order valence-electron chi connectivity index (χ4n) is 0.873. The molecule has 1 rings (SSSR count). The van der Waals surface area contributed by atoms with E-state index in [0.717, 1.165) is 19.8 Å². The minimum absolute atomic E-state index is 0.0294. The zero-order chi connectivity index (χ0) is 5.82. The third-order valence-electron chi connectivity index (χ3n) is 1.35. The Morgan fingerprint density at radius 2 is 2.50 bits per heavy atom. The van der Waals surface area contributed by atoms with Crippen molar-refractivity contribution in [2.45, 2.75) is 0 Å². The molecule has 0 atom stereocenters. The molecule has 0 aromatic heterocycles. The molecule has 0 aliphatic carbocycles. The Bertz CT molecular complexity index is 61.4. The van der Waals surface area contributed by atoms with Crippen molar-refractivity contribution < 1.29 is 5.11 Å². The quantitative estimate of drug-likeness (QED) is 0.515. The lowest BCUT2D eigenvalue weighted by atomic mass is 10.5. The van der Waals surface area contributed by atoms with E-state index in [-0.39, 0.29) is 6.61 Å². The maximum atomic E-state index is 10.0. The monoisotopic (exact) mass is 115 g/mol. The highest BCUT2D eigenvalue weighted by molar-refractivity contribution is 4.64. The summed E-state index contributed by atoms with van der Waals surface area (Å²) >= 11 is 0. The maximum Gasteiger partial charge on any atom is 0.0949 e. The van der Waals surface area contributed by atoms with E-state index < -0.39 is 0 Å². The summed E-state index contributed by atoms with van der Waals surface area (Å²) in [6.07, 6.45) is 0. The van der Waals surface area contributed by atoms with Gasteiger partial charge in [-0.2, -0.15) is 0 Å². The van der Waals surface area contributed by atoms with Crippen LogP contribution in [0, 0.1) is 0 Å². The molecule has 0 bridgehead atoms. The summed E-state index contributed by atoms with van der Waals surface area (Å²) in [5, 5.41) is 13.2. The minimum Gasteiger partial charge on any atom is -0.303 e. The average Bonchev–Trinajstić information content (AvgIpc) is 2.19. The van der Waals surface area contributed by atoms with E-state index in [9.17, 15) is 5.11 Å². The Hall–Kier alpha value is -0.120. The maximum absolute atomic E-state index is 10.0. The summed E-state index contributed by atoms with van der Waals surface area (Å²) in [6.45, 7) is 3.72. The molecule has 1 N–H and O–H groups in total. The molecule has 8 heavy (non-hydrogen) atoms. The lowest BCUT2D eigenvalue weighted by Crippen LogP contribution is -2.24. The molecule has 0 amide bonds. The molecular weight excluding hydrogens is 104 g/mol. The van der Waals surface area contributed by atoms with Gasteiger partial charge in [0.05, 0.1) is 6.61 Å². The Balaban J connectivity index is 2.06. The number of nitrogens with zero attached hydrogens (tertiary/aromatic N) is 1. The normalized spacial score (nSPS) is 22.1. The third-order valence-corrected chi connectivity index (χ3v) is 1.35. The Morgan fingerprint density at radius 3 is 3.00 bits per heavy atom. The van der Waals surface area contributed by atoms with Crippen LogP contribution in [0.2, 0.25) is 0 Å². The van der Waals surface area contributed by atoms with Crippen LogP contribution < -0.4 is 5.32 Å². The Labute approximate surface area is 49.3 Å².